The molecule has 0 radical (unpaired) electrons. The Morgan fingerprint density at radius 2 is 1.63 bits per heavy atom. The Bertz CT molecular complexity index is 785. The zero-order valence-electron chi connectivity index (χ0n) is 16.7. The maximum absolute atomic E-state index is 13.0. The number of rotatable bonds is 5. The lowest BCUT2D eigenvalue weighted by atomic mass is 10.1. The molecule has 0 N–H and O–H groups in total. The van der Waals surface area contributed by atoms with Gasteiger partial charge in [-0.05, 0) is 52.0 Å². The van der Waals surface area contributed by atoms with Crippen LogP contribution in [0.2, 0.25) is 0 Å². The molecule has 0 bridgehead atoms. The number of anilines is 3. The van der Waals surface area contributed by atoms with E-state index in [4.69, 9.17) is 0 Å². The van der Waals surface area contributed by atoms with Crippen molar-refractivity contribution < 1.29 is 4.79 Å². The van der Waals surface area contributed by atoms with E-state index in [0.717, 1.165) is 30.3 Å². The summed E-state index contributed by atoms with van der Waals surface area (Å²) in [6, 6.07) is 12.6. The Balaban J connectivity index is 0.00000261. The van der Waals surface area contributed by atoms with Crippen LogP contribution in [0.4, 0.5) is 17.2 Å². The van der Waals surface area contributed by atoms with Crippen molar-refractivity contribution in [2.45, 2.75) is 39.8 Å². The van der Waals surface area contributed by atoms with E-state index in [1.165, 1.54) is 0 Å². The molecule has 1 aromatic heterocycles. The van der Waals surface area contributed by atoms with Gasteiger partial charge in [0.1, 0.15) is 0 Å². The third kappa shape index (κ3) is 4.09. The maximum atomic E-state index is 13.0. The molecule has 0 spiro atoms. The summed E-state index contributed by atoms with van der Waals surface area (Å²) in [4.78, 5) is 23.9. The first-order chi connectivity index (χ1) is 12.4. The molecule has 5 nitrogen and oxygen atoms in total. The molecule has 1 amide bonds. The first-order valence-electron chi connectivity index (χ1n) is 9.27. The van der Waals surface area contributed by atoms with Crippen LogP contribution in [0.3, 0.4) is 0 Å². The Morgan fingerprint density at radius 1 is 1.00 bits per heavy atom. The van der Waals surface area contributed by atoms with Crippen molar-refractivity contribution >= 4 is 35.5 Å². The molecule has 2 aromatic rings. The molecule has 146 valence electrons. The summed E-state index contributed by atoms with van der Waals surface area (Å²) in [5.41, 5.74) is 2.48. The lowest BCUT2D eigenvalue weighted by molar-refractivity contribution is 0.0994. The number of hydrogen-bond acceptors (Lipinski definition) is 4. The standard InChI is InChI=1S/C21H28N4O.ClH/c1-15(2)24(16(3)4)13-14-25-18-10-7-6-9-17(18)21(26)23(5)19-11-8-12-22-20(19)25;/h6-12,15-16H,13-14H2,1-5H3;1H. The molecule has 3 rings (SSSR count). The summed E-state index contributed by atoms with van der Waals surface area (Å²) in [6.07, 6.45) is 1.79. The van der Waals surface area contributed by atoms with Crippen molar-refractivity contribution in [1.82, 2.24) is 9.88 Å². The monoisotopic (exact) mass is 388 g/mol. The highest BCUT2D eigenvalue weighted by molar-refractivity contribution is 6.13. The number of carbonyl (C=O) groups excluding carboxylic acids is 1. The number of benzene rings is 1. The first-order valence-corrected chi connectivity index (χ1v) is 9.27. The highest BCUT2D eigenvalue weighted by Gasteiger charge is 2.29. The van der Waals surface area contributed by atoms with E-state index in [1.54, 1.807) is 11.1 Å². The molecular formula is C21H29ClN4O. The van der Waals surface area contributed by atoms with E-state index >= 15 is 0 Å². The minimum Gasteiger partial charge on any atom is -0.323 e. The van der Waals surface area contributed by atoms with Gasteiger partial charge in [0, 0.05) is 38.4 Å². The summed E-state index contributed by atoms with van der Waals surface area (Å²) >= 11 is 0. The van der Waals surface area contributed by atoms with Gasteiger partial charge in [-0.1, -0.05) is 12.1 Å². The molecule has 0 aliphatic carbocycles. The van der Waals surface area contributed by atoms with Crippen LogP contribution in [0, 0.1) is 0 Å². The summed E-state index contributed by atoms with van der Waals surface area (Å²) in [5, 5.41) is 0. The van der Waals surface area contributed by atoms with Crippen LogP contribution in [0.15, 0.2) is 42.6 Å². The van der Waals surface area contributed by atoms with Gasteiger partial charge >= 0.3 is 0 Å². The average Bonchev–Trinajstić information content (AvgIpc) is 2.71. The minimum atomic E-state index is 0. The van der Waals surface area contributed by atoms with Crippen LogP contribution in [-0.4, -0.2) is 48.0 Å². The van der Waals surface area contributed by atoms with Crippen LogP contribution in [-0.2, 0) is 0 Å². The summed E-state index contributed by atoms with van der Waals surface area (Å²) < 4.78 is 0. The lowest BCUT2D eigenvalue weighted by Gasteiger charge is -2.33. The van der Waals surface area contributed by atoms with E-state index < -0.39 is 0 Å². The average molecular weight is 389 g/mol. The predicted molar refractivity (Wildman–Crippen MR) is 115 cm³/mol. The third-order valence-corrected chi connectivity index (χ3v) is 5.02. The Morgan fingerprint density at radius 3 is 2.30 bits per heavy atom. The van der Waals surface area contributed by atoms with Gasteiger partial charge in [-0.15, -0.1) is 12.4 Å². The van der Waals surface area contributed by atoms with Crippen LogP contribution >= 0.6 is 12.4 Å². The topological polar surface area (TPSA) is 39.7 Å². The highest BCUT2D eigenvalue weighted by Crippen LogP contribution is 2.38. The second-order valence-electron chi connectivity index (χ2n) is 7.30. The zero-order chi connectivity index (χ0) is 18.8. The number of nitrogens with zero attached hydrogens (tertiary/aromatic N) is 4. The van der Waals surface area contributed by atoms with E-state index in [2.05, 4.69) is 42.5 Å². The first kappa shape index (κ1) is 21.2. The second-order valence-corrected chi connectivity index (χ2v) is 7.30. The van der Waals surface area contributed by atoms with Gasteiger partial charge in [-0.2, -0.15) is 0 Å². The van der Waals surface area contributed by atoms with Gasteiger partial charge in [-0.25, -0.2) is 4.98 Å². The Labute approximate surface area is 168 Å². The highest BCUT2D eigenvalue weighted by atomic mass is 35.5. The normalized spacial score (nSPS) is 13.6. The lowest BCUT2D eigenvalue weighted by Crippen LogP contribution is -2.42. The van der Waals surface area contributed by atoms with Gasteiger partial charge in [-0.3, -0.25) is 9.69 Å². The fourth-order valence-corrected chi connectivity index (χ4v) is 3.71. The van der Waals surface area contributed by atoms with Crippen molar-refractivity contribution in [2.75, 3.05) is 29.9 Å². The molecular weight excluding hydrogens is 360 g/mol. The number of hydrogen-bond donors (Lipinski definition) is 0. The fraction of sp³-hybridized carbons (Fsp3) is 0.429. The van der Waals surface area contributed by atoms with Gasteiger partial charge in [0.15, 0.2) is 5.82 Å². The van der Waals surface area contributed by atoms with E-state index in [-0.39, 0.29) is 18.3 Å². The number of aromatic nitrogens is 1. The van der Waals surface area contributed by atoms with Crippen molar-refractivity contribution in [1.29, 1.82) is 0 Å². The molecule has 6 heteroatoms. The Kier molecular flexibility index (Phi) is 6.84. The summed E-state index contributed by atoms with van der Waals surface area (Å²) in [7, 11) is 1.82. The molecule has 1 aliphatic heterocycles. The molecule has 0 unspecified atom stereocenters. The molecule has 1 aliphatic rings. The third-order valence-electron chi connectivity index (χ3n) is 5.02. The van der Waals surface area contributed by atoms with Crippen molar-refractivity contribution in [3.8, 4) is 0 Å². The second kappa shape index (κ2) is 8.72. The molecule has 27 heavy (non-hydrogen) atoms. The van der Waals surface area contributed by atoms with E-state index in [9.17, 15) is 4.79 Å². The molecule has 0 saturated heterocycles. The minimum absolute atomic E-state index is 0. The van der Waals surface area contributed by atoms with Crippen molar-refractivity contribution in [2.24, 2.45) is 0 Å². The fourth-order valence-electron chi connectivity index (χ4n) is 3.71. The molecule has 1 aromatic carbocycles. The van der Waals surface area contributed by atoms with Gasteiger partial charge in [0.2, 0.25) is 0 Å². The molecule has 0 fully saturated rings. The largest absolute Gasteiger partial charge is 0.323 e. The van der Waals surface area contributed by atoms with Crippen molar-refractivity contribution in [3.05, 3.63) is 48.2 Å². The van der Waals surface area contributed by atoms with Crippen LogP contribution in [0.25, 0.3) is 0 Å². The zero-order valence-corrected chi connectivity index (χ0v) is 17.5. The molecule has 0 saturated carbocycles. The maximum Gasteiger partial charge on any atom is 0.260 e. The van der Waals surface area contributed by atoms with E-state index in [1.807, 2.05) is 43.4 Å². The van der Waals surface area contributed by atoms with Gasteiger partial charge in [0.05, 0.1) is 16.9 Å². The number of para-hydroxylation sites is 1. The van der Waals surface area contributed by atoms with Gasteiger partial charge < -0.3 is 9.80 Å². The van der Waals surface area contributed by atoms with Crippen molar-refractivity contribution in [3.63, 3.8) is 0 Å². The predicted octanol–water partition coefficient (Wildman–Crippen LogP) is 4.35. The number of carbonyl (C=O) groups is 1. The number of amides is 1. The number of fused-ring (bicyclic) bond motifs is 2. The van der Waals surface area contributed by atoms with E-state index in [0.29, 0.717) is 17.6 Å². The van der Waals surface area contributed by atoms with Crippen LogP contribution in [0.5, 0.6) is 0 Å². The SMILES string of the molecule is CC(C)N(CCN1c2ccccc2C(=O)N(C)c2cccnc21)C(C)C.Cl. The quantitative estimate of drug-likeness (QED) is 0.763. The number of pyridine rings is 1. The smallest absolute Gasteiger partial charge is 0.260 e. The Hall–Kier alpha value is -2.11. The van der Waals surface area contributed by atoms with Crippen LogP contribution < -0.4 is 9.80 Å². The van der Waals surface area contributed by atoms with Gasteiger partial charge in [0.25, 0.3) is 5.91 Å². The summed E-state index contributed by atoms with van der Waals surface area (Å²) in [5.74, 6) is 0.836. The van der Waals surface area contributed by atoms with Crippen LogP contribution in [0.1, 0.15) is 38.1 Å². The number of halogens is 1. The molecule has 0 atom stereocenters. The summed E-state index contributed by atoms with van der Waals surface area (Å²) in [6.45, 7) is 10.6. The molecule has 2 heterocycles.